The molecule has 4 nitrogen and oxygen atoms in total. The molecule has 0 aliphatic heterocycles. The van der Waals surface area contributed by atoms with Crippen molar-refractivity contribution < 1.29 is 13.2 Å². The van der Waals surface area contributed by atoms with Crippen LogP contribution in [0.4, 0.5) is 0 Å². The summed E-state index contributed by atoms with van der Waals surface area (Å²) in [6, 6.07) is 15.3. The minimum absolute atomic E-state index is 0.333. The molecule has 0 saturated carbocycles. The summed E-state index contributed by atoms with van der Waals surface area (Å²) in [7, 11) is -1.56. The fourth-order valence-electron chi connectivity index (χ4n) is 3.21. The van der Waals surface area contributed by atoms with Gasteiger partial charge in [-0.15, -0.1) is 0 Å². The van der Waals surface area contributed by atoms with Gasteiger partial charge in [-0.1, -0.05) is 18.2 Å². The quantitative estimate of drug-likeness (QED) is 0.659. The Balaban J connectivity index is 2.17. The molecule has 2 aromatic carbocycles. The van der Waals surface area contributed by atoms with Gasteiger partial charge in [0.25, 0.3) is 0 Å². The Morgan fingerprint density at radius 2 is 1.77 bits per heavy atom. The van der Waals surface area contributed by atoms with E-state index in [1.807, 2.05) is 30.6 Å². The van der Waals surface area contributed by atoms with Gasteiger partial charge in [-0.2, -0.15) is 0 Å². The van der Waals surface area contributed by atoms with Crippen LogP contribution in [0.3, 0.4) is 0 Å². The molecule has 1 heterocycles. The third-order valence-corrected chi connectivity index (χ3v) is 5.69. The first-order valence-corrected chi connectivity index (χ1v) is 10.4. The van der Waals surface area contributed by atoms with Gasteiger partial charge in [0, 0.05) is 31.4 Å². The van der Waals surface area contributed by atoms with Crippen LogP contribution in [-0.4, -0.2) is 33.0 Å². The van der Waals surface area contributed by atoms with Crippen molar-refractivity contribution in [2.75, 3.05) is 20.0 Å². The van der Waals surface area contributed by atoms with Gasteiger partial charge in [-0.05, 0) is 65.9 Å². The first-order valence-electron chi connectivity index (χ1n) is 8.47. The van der Waals surface area contributed by atoms with E-state index in [0.717, 1.165) is 23.2 Å². The second-order valence-corrected chi connectivity index (χ2v) is 8.38. The molecule has 136 valence electrons. The Morgan fingerprint density at radius 1 is 1.04 bits per heavy atom. The molecular weight excluding hydrogens is 346 g/mol. The van der Waals surface area contributed by atoms with Crippen molar-refractivity contribution in [1.82, 2.24) is 4.57 Å². The summed E-state index contributed by atoms with van der Waals surface area (Å²) >= 11 is 0. The molecule has 26 heavy (non-hydrogen) atoms. The van der Waals surface area contributed by atoms with Crippen LogP contribution in [0.2, 0.25) is 0 Å². The van der Waals surface area contributed by atoms with E-state index in [1.54, 1.807) is 25.3 Å². The summed E-state index contributed by atoms with van der Waals surface area (Å²) in [6.07, 6.45) is 6.03. The van der Waals surface area contributed by atoms with Crippen LogP contribution >= 0.6 is 0 Å². The van der Waals surface area contributed by atoms with E-state index in [1.165, 1.54) is 17.4 Å². The van der Waals surface area contributed by atoms with E-state index in [-0.39, 0.29) is 0 Å². The largest absolute Gasteiger partial charge is 0.384 e. The lowest BCUT2D eigenvalue weighted by Crippen LogP contribution is -2.04. The highest BCUT2D eigenvalue weighted by Crippen LogP contribution is 2.31. The van der Waals surface area contributed by atoms with Gasteiger partial charge in [-0.3, -0.25) is 0 Å². The maximum atomic E-state index is 11.9. The smallest absolute Gasteiger partial charge is 0.175 e. The molecule has 3 rings (SSSR count). The molecule has 3 aromatic rings. The zero-order valence-corrected chi connectivity index (χ0v) is 16.1. The average Bonchev–Trinajstić information content (AvgIpc) is 3.14. The van der Waals surface area contributed by atoms with Crippen molar-refractivity contribution in [1.29, 1.82) is 0 Å². The third-order valence-electron chi connectivity index (χ3n) is 4.58. The summed E-state index contributed by atoms with van der Waals surface area (Å²) in [4.78, 5) is 0.333. The summed E-state index contributed by atoms with van der Waals surface area (Å²) in [6.45, 7) is 2.71. The van der Waals surface area contributed by atoms with Gasteiger partial charge in [-0.25, -0.2) is 8.42 Å². The van der Waals surface area contributed by atoms with Gasteiger partial charge in [0.2, 0.25) is 0 Å². The number of hydrogen-bond acceptors (Lipinski definition) is 3. The minimum Gasteiger partial charge on any atom is -0.384 e. The Bertz CT molecular complexity index is 1010. The summed E-state index contributed by atoms with van der Waals surface area (Å²) in [5.41, 5.74) is 5.40. The second kappa shape index (κ2) is 7.48. The molecule has 0 aliphatic carbocycles. The molecule has 0 atom stereocenters. The van der Waals surface area contributed by atoms with Crippen LogP contribution in [0.1, 0.15) is 11.1 Å². The van der Waals surface area contributed by atoms with Crippen LogP contribution < -0.4 is 0 Å². The summed E-state index contributed by atoms with van der Waals surface area (Å²) in [5, 5.41) is 0. The van der Waals surface area contributed by atoms with Crippen LogP contribution in [0.25, 0.3) is 16.8 Å². The Hall–Kier alpha value is -2.37. The van der Waals surface area contributed by atoms with Crippen molar-refractivity contribution in [2.24, 2.45) is 0 Å². The van der Waals surface area contributed by atoms with Crippen molar-refractivity contribution in [3.05, 3.63) is 72.1 Å². The van der Waals surface area contributed by atoms with Crippen LogP contribution in [0.15, 0.2) is 65.8 Å². The molecule has 0 bridgehead atoms. The number of hydrogen-bond donors (Lipinski definition) is 0. The number of aromatic nitrogens is 1. The fourth-order valence-corrected chi connectivity index (χ4v) is 3.88. The van der Waals surface area contributed by atoms with Crippen LogP contribution in [0, 0.1) is 6.92 Å². The maximum absolute atomic E-state index is 11.9. The van der Waals surface area contributed by atoms with E-state index in [2.05, 4.69) is 23.6 Å². The van der Waals surface area contributed by atoms with E-state index < -0.39 is 9.84 Å². The van der Waals surface area contributed by atoms with Gasteiger partial charge >= 0.3 is 0 Å². The highest BCUT2D eigenvalue weighted by molar-refractivity contribution is 7.90. The lowest BCUT2D eigenvalue weighted by molar-refractivity contribution is 0.202. The predicted octanol–water partition coefficient (Wildman–Crippen LogP) is 4.05. The topological polar surface area (TPSA) is 48.3 Å². The molecular formula is C21H23NO3S. The molecule has 0 fully saturated rings. The van der Waals surface area contributed by atoms with E-state index in [9.17, 15) is 8.42 Å². The average molecular weight is 369 g/mol. The Labute approximate surface area is 155 Å². The molecule has 0 saturated heterocycles. The first kappa shape index (κ1) is 18.4. The lowest BCUT2D eigenvalue weighted by Gasteiger charge is -2.18. The fraction of sp³-hybridized carbons (Fsp3) is 0.238. The highest BCUT2D eigenvalue weighted by Gasteiger charge is 2.14. The minimum atomic E-state index is -3.25. The normalized spacial score (nSPS) is 11.7. The van der Waals surface area contributed by atoms with Crippen LogP contribution in [0.5, 0.6) is 0 Å². The Kier molecular flexibility index (Phi) is 5.30. The predicted molar refractivity (Wildman–Crippen MR) is 105 cm³/mol. The number of methoxy groups -OCH3 is 1. The SMILES string of the molecule is COCCc1c(-c2cccc(S(C)(=O)=O)c2)ccc(-n2cccc2)c1C. The van der Waals surface area contributed by atoms with Crippen molar-refractivity contribution in [3.63, 3.8) is 0 Å². The number of ether oxygens (including phenoxy) is 1. The number of benzene rings is 2. The first-order chi connectivity index (χ1) is 12.4. The van der Waals surface area contributed by atoms with Gasteiger partial charge in [0.05, 0.1) is 11.5 Å². The van der Waals surface area contributed by atoms with Gasteiger partial charge in [0.1, 0.15) is 0 Å². The van der Waals surface area contributed by atoms with Crippen molar-refractivity contribution >= 4 is 9.84 Å². The third kappa shape index (κ3) is 3.74. The maximum Gasteiger partial charge on any atom is 0.175 e. The van der Waals surface area contributed by atoms with Gasteiger partial charge < -0.3 is 9.30 Å². The van der Waals surface area contributed by atoms with E-state index in [0.29, 0.717) is 11.5 Å². The standard InChI is InChI=1S/C21H23NO3S/c1-16-19(11-14-25-2)20(9-10-21(16)22-12-4-5-13-22)17-7-6-8-18(15-17)26(3,23)24/h4-10,12-13,15H,11,14H2,1-3H3. The van der Waals surface area contributed by atoms with Crippen LogP contribution in [-0.2, 0) is 21.0 Å². The summed E-state index contributed by atoms with van der Waals surface area (Å²) in [5.74, 6) is 0. The monoisotopic (exact) mass is 369 g/mol. The lowest BCUT2D eigenvalue weighted by atomic mass is 9.93. The second-order valence-electron chi connectivity index (χ2n) is 6.37. The molecule has 0 aliphatic rings. The zero-order chi connectivity index (χ0) is 18.7. The molecule has 0 amide bonds. The van der Waals surface area contributed by atoms with Gasteiger partial charge in [0.15, 0.2) is 9.84 Å². The number of nitrogens with zero attached hydrogens (tertiary/aromatic N) is 1. The molecule has 1 aromatic heterocycles. The summed E-state index contributed by atoms with van der Waals surface area (Å²) < 4.78 is 31.2. The molecule has 0 N–H and O–H groups in total. The molecule has 0 unspecified atom stereocenters. The van der Waals surface area contributed by atoms with E-state index >= 15 is 0 Å². The molecule has 0 spiro atoms. The van der Waals surface area contributed by atoms with Crippen molar-refractivity contribution in [3.8, 4) is 16.8 Å². The van der Waals surface area contributed by atoms with Crippen molar-refractivity contribution in [2.45, 2.75) is 18.2 Å². The number of sulfone groups is 1. The Morgan fingerprint density at radius 3 is 2.42 bits per heavy atom. The molecule has 5 heteroatoms. The van der Waals surface area contributed by atoms with E-state index in [4.69, 9.17) is 4.74 Å². The molecule has 0 radical (unpaired) electrons. The highest BCUT2D eigenvalue weighted by atomic mass is 32.2. The number of rotatable bonds is 6. The zero-order valence-electron chi connectivity index (χ0n) is 15.3.